The van der Waals surface area contributed by atoms with E-state index in [9.17, 15) is 5.11 Å². The van der Waals surface area contributed by atoms with E-state index in [2.05, 4.69) is 10.3 Å². The largest absolute Gasteiger partial charge is 0.497 e. The second-order valence-corrected chi connectivity index (χ2v) is 5.90. The first-order valence-corrected chi connectivity index (χ1v) is 8.67. The van der Waals surface area contributed by atoms with Crippen LogP contribution in [0.25, 0.3) is 0 Å². The highest BCUT2D eigenvalue weighted by Crippen LogP contribution is 2.29. The maximum atomic E-state index is 10.5. The van der Waals surface area contributed by atoms with Gasteiger partial charge in [0.1, 0.15) is 11.5 Å². The lowest BCUT2D eigenvalue weighted by molar-refractivity contribution is 0.176. The molecule has 1 unspecified atom stereocenters. The van der Waals surface area contributed by atoms with E-state index in [-0.39, 0.29) is 36.5 Å². The summed E-state index contributed by atoms with van der Waals surface area (Å²) < 4.78 is 21.0. The van der Waals surface area contributed by atoms with E-state index in [1.54, 1.807) is 46.6 Å². The lowest BCUT2D eigenvalue weighted by Crippen LogP contribution is -2.35. The molecule has 29 heavy (non-hydrogen) atoms. The fraction of sp³-hybridized carbons (Fsp3) is 0.350. The van der Waals surface area contributed by atoms with Crippen LogP contribution in [0.15, 0.2) is 41.4 Å². The average Bonchev–Trinajstić information content (AvgIpc) is 2.75. The van der Waals surface area contributed by atoms with Gasteiger partial charge in [-0.25, -0.2) is 4.99 Å². The van der Waals surface area contributed by atoms with Crippen molar-refractivity contribution in [1.29, 1.82) is 0 Å². The number of nitrogens with two attached hydrogens (primary N) is 1. The average molecular weight is 517 g/mol. The normalized spacial score (nSPS) is 11.8. The summed E-state index contributed by atoms with van der Waals surface area (Å²) in [5.41, 5.74) is 7.43. The summed E-state index contributed by atoms with van der Waals surface area (Å²) in [5, 5.41) is 13.4. The molecule has 4 N–H and O–H groups in total. The van der Waals surface area contributed by atoms with Crippen molar-refractivity contribution >= 4 is 29.9 Å². The molecule has 0 aliphatic heterocycles. The van der Waals surface area contributed by atoms with Crippen LogP contribution in [0, 0.1) is 0 Å². The van der Waals surface area contributed by atoms with Gasteiger partial charge in [0.15, 0.2) is 17.5 Å². The summed E-state index contributed by atoms with van der Waals surface area (Å²) in [4.78, 5) is 4.29. The van der Waals surface area contributed by atoms with E-state index in [0.29, 0.717) is 35.1 Å². The highest BCUT2D eigenvalue weighted by molar-refractivity contribution is 14.0. The van der Waals surface area contributed by atoms with Gasteiger partial charge in [-0.05, 0) is 35.9 Å². The second kappa shape index (κ2) is 12.2. The number of nitrogens with one attached hydrogen (secondary N) is 1. The van der Waals surface area contributed by atoms with Crippen molar-refractivity contribution < 1.29 is 24.1 Å². The maximum Gasteiger partial charge on any atom is 0.189 e. The molecule has 9 heteroatoms. The van der Waals surface area contributed by atoms with Crippen molar-refractivity contribution in [1.82, 2.24) is 5.32 Å². The molecule has 0 aromatic heterocycles. The Morgan fingerprint density at radius 3 is 2.24 bits per heavy atom. The van der Waals surface area contributed by atoms with Crippen LogP contribution in [0.3, 0.4) is 0 Å². The minimum absolute atomic E-state index is 0. The Labute approximate surface area is 188 Å². The fourth-order valence-corrected chi connectivity index (χ4v) is 2.62. The number of aliphatic imine (C=N–C) groups is 1. The van der Waals surface area contributed by atoms with E-state index in [0.717, 1.165) is 5.56 Å². The zero-order valence-corrected chi connectivity index (χ0v) is 19.3. The molecular weight excluding hydrogens is 489 g/mol. The maximum absolute atomic E-state index is 10.5. The van der Waals surface area contributed by atoms with Gasteiger partial charge in [-0.1, -0.05) is 6.07 Å². The zero-order chi connectivity index (χ0) is 20.5. The smallest absolute Gasteiger partial charge is 0.189 e. The van der Waals surface area contributed by atoms with E-state index in [4.69, 9.17) is 24.7 Å². The number of nitrogens with zero attached hydrogens (tertiary/aromatic N) is 1. The fourth-order valence-electron chi connectivity index (χ4n) is 2.62. The van der Waals surface area contributed by atoms with Crippen molar-refractivity contribution in [3.05, 3.63) is 47.5 Å². The molecule has 1 atom stereocenters. The lowest BCUT2D eigenvalue weighted by Gasteiger charge is -2.17. The predicted molar refractivity (Wildman–Crippen MR) is 123 cm³/mol. The first-order valence-electron chi connectivity index (χ1n) is 8.67. The Balaban J connectivity index is 0.00000420. The Morgan fingerprint density at radius 2 is 1.62 bits per heavy atom. The Hall–Kier alpha value is -2.40. The first-order chi connectivity index (χ1) is 13.5. The number of aliphatic hydroxyl groups excluding tert-OH is 1. The molecule has 0 saturated carbocycles. The van der Waals surface area contributed by atoms with Gasteiger partial charge in [0.05, 0.1) is 41.1 Å². The molecule has 0 aliphatic carbocycles. The van der Waals surface area contributed by atoms with Crippen LogP contribution in [0.4, 0.5) is 0 Å². The third kappa shape index (κ3) is 6.86. The van der Waals surface area contributed by atoms with Gasteiger partial charge in [0, 0.05) is 12.1 Å². The summed E-state index contributed by atoms with van der Waals surface area (Å²) in [6.45, 7) is 0.530. The standard InChI is InChI=1S/C20H27N3O5.HI/c1-25-14-6-8-17(26-2)15(10-14)16(24)12-23-20(21)22-11-13-5-7-18(27-3)19(9-13)28-4;/h5-10,16,24H,11-12H2,1-4H3,(H3,21,22,23);1H. The summed E-state index contributed by atoms with van der Waals surface area (Å²) >= 11 is 0. The van der Waals surface area contributed by atoms with Gasteiger partial charge in [-0.3, -0.25) is 0 Å². The Kier molecular flexibility index (Phi) is 10.4. The number of hydrogen-bond donors (Lipinski definition) is 3. The summed E-state index contributed by atoms with van der Waals surface area (Å²) in [5.74, 6) is 2.69. The van der Waals surface area contributed by atoms with Crippen molar-refractivity contribution in [2.24, 2.45) is 10.7 Å². The van der Waals surface area contributed by atoms with Crippen LogP contribution in [0.5, 0.6) is 23.0 Å². The molecule has 2 rings (SSSR count). The molecule has 0 heterocycles. The van der Waals surface area contributed by atoms with Crippen LogP contribution in [-0.2, 0) is 6.54 Å². The number of methoxy groups -OCH3 is 4. The second-order valence-electron chi connectivity index (χ2n) is 5.90. The number of ether oxygens (including phenoxy) is 4. The molecule has 160 valence electrons. The number of aliphatic hydroxyl groups is 1. The topological polar surface area (TPSA) is 108 Å². The van der Waals surface area contributed by atoms with Gasteiger partial charge in [0.25, 0.3) is 0 Å². The molecule has 0 bridgehead atoms. The summed E-state index contributed by atoms with van der Waals surface area (Å²) in [6.07, 6.45) is -0.847. The molecular formula is C20H28IN3O5. The minimum atomic E-state index is -0.847. The number of hydrogen-bond acceptors (Lipinski definition) is 6. The third-order valence-corrected chi connectivity index (χ3v) is 4.15. The highest BCUT2D eigenvalue weighted by atomic mass is 127. The molecule has 0 aliphatic rings. The zero-order valence-electron chi connectivity index (χ0n) is 17.0. The first kappa shape index (κ1) is 24.6. The van der Waals surface area contributed by atoms with E-state index >= 15 is 0 Å². The van der Waals surface area contributed by atoms with Gasteiger partial charge in [-0.15, -0.1) is 24.0 Å². The molecule has 8 nitrogen and oxygen atoms in total. The molecule has 0 spiro atoms. The quantitative estimate of drug-likeness (QED) is 0.267. The summed E-state index contributed by atoms with van der Waals surface area (Å²) in [7, 11) is 6.27. The number of halogens is 1. The van der Waals surface area contributed by atoms with Crippen molar-refractivity contribution in [2.75, 3.05) is 35.0 Å². The number of rotatable bonds is 9. The van der Waals surface area contributed by atoms with E-state index in [1.165, 1.54) is 0 Å². The van der Waals surface area contributed by atoms with Crippen molar-refractivity contribution in [2.45, 2.75) is 12.6 Å². The lowest BCUT2D eigenvalue weighted by atomic mass is 10.1. The van der Waals surface area contributed by atoms with Crippen LogP contribution < -0.4 is 30.0 Å². The monoisotopic (exact) mass is 517 g/mol. The van der Waals surface area contributed by atoms with E-state index in [1.807, 2.05) is 18.2 Å². The number of guanidine groups is 1. The van der Waals surface area contributed by atoms with Crippen LogP contribution in [-0.4, -0.2) is 46.1 Å². The highest BCUT2D eigenvalue weighted by Gasteiger charge is 2.15. The molecule has 0 fully saturated rings. The van der Waals surface area contributed by atoms with Gasteiger partial charge in [-0.2, -0.15) is 0 Å². The van der Waals surface area contributed by atoms with Crippen molar-refractivity contribution in [3.8, 4) is 23.0 Å². The van der Waals surface area contributed by atoms with Crippen LogP contribution >= 0.6 is 24.0 Å². The minimum Gasteiger partial charge on any atom is -0.497 e. The SMILES string of the molecule is COc1ccc(OC)c(C(O)CNC(N)=NCc2ccc(OC)c(OC)c2)c1.I. The van der Waals surface area contributed by atoms with Crippen molar-refractivity contribution in [3.63, 3.8) is 0 Å². The molecule has 0 saturated heterocycles. The molecule has 2 aromatic carbocycles. The number of benzene rings is 2. The predicted octanol–water partition coefficient (Wildman–Crippen LogP) is 2.48. The Bertz CT molecular complexity index is 817. The third-order valence-electron chi connectivity index (χ3n) is 4.15. The molecule has 0 amide bonds. The van der Waals surface area contributed by atoms with E-state index < -0.39 is 6.10 Å². The molecule has 0 radical (unpaired) electrons. The van der Waals surface area contributed by atoms with Gasteiger partial charge >= 0.3 is 0 Å². The van der Waals surface area contributed by atoms with Gasteiger partial charge in [0.2, 0.25) is 0 Å². The molecule has 2 aromatic rings. The van der Waals surface area contributed by atoms with Crippen LogP contribution in [0.2, 0.25) is 0 Å². The van der Waals surface area contributed by atoms with Gasteiger partial charge < -0.3 is 35.1 Å². The Morgan fingerprint density at radius 1 is 0.966 bits per heavy atom. The summed E-state index contributed by atoms with van der Waals surface area (Å²) in [6, 6.07) is 10.8. The van der Waals surface area contributed by atoms with Crippen LogP contribution in [0.1, 0.15) is 17.2 Å².